The summed E-state index contributed by atoms with van der Waals surface area (Å²) in [6.45, 7) is 5.48. The molecule has 0 radical (unpaired) electrons. The van der Waals surface area contributed by atoms with Crippen molar-refractivity contribution < 1.29 is 23.5 Å². The first-order chi connectivity index (χ1) is 18.0. The number of urea groups is 1. The summed E-state index contributed by atoms with van der Waals surface area (Å²) >= 11 is 0. The minimum Gasteiger partial charge on any atom is -0.444 e. The molecule has 5 atom stereocenters. The fraction of sp³-hybridized carbons (Fsp3) is 0.448. The normalized spacial score (nSPS) is 28.7. The van der Waals surface area contributed by atoms with Crippen LogP contribution < -0.4 is 16.0 Å². The SMILES string of the molecule is CC(C)(C)OC(=O)NC1CC[C@@H]2[C@@H](C1)CC1(NC(=O)NC1=O)[C@H]2/C=C/c1ccc(-c2cccc(F)c2)cn1. The molecular weight excluding hydrogens is 487 g/mol. The van der Waals surface area contributed by atoms with Gasteiger partial charge in [0.2, 0.25) is 0 Å². The van der Waals surface area contributed by atoms with Crippen LogP contribution in [-0.4, -0.2) is 40.2 Å². The number of amides is 4. The molecule has 2 saturated carbocycles. The Labute approximate surface area is 221 Å². The standard InChI is InChI=1S/C29H33FN4O4/c1-28(2,3)38-27(37)32-22-9-11-23-19(14-22)15-29(25(35)33-26(36)34-29)24(23)12-10-21-8-7-18(16-31-21)17-5-4-6-20(30)13-17/h4-8,10,12-13,16,19,22-24H,9,11,14-15H2,1-3H3,(H,32,37)(H2,33,34,35,36)/b12-10+/t19-,22?,23+,24-,29?/m0/s1. The number of aromatic nitrogens is 1. The number of fused-ring (bicyclic) bond motifs is 1. The smallest absolute Gasteiger partial charge is 0.407 e. The van der Waals surface area contributed by atoms with E-state index in [1.807, 2.05) is 51.1 Å². The average molecular weight is 521 g/mol. The second kappa shape index (κ2) is 9.85. The van der Waals surface area contributed by atoms with Crippen molar-refractivity contribution in [1.82, 2.24) is 20.9 Å². The molecule has 5 rings (SSSR count). The van der Waals surface area contributed by atoms with Crippen molar-refractivity contribution in [2.24, 2.45) is 17.8 Å². The van der Waals surface area contributed by atoms with E-state index in [-0.39, 0.29) is 35.5 Å². The highest BCUT2D eigenvalue weighted by atomic mass is 19.1. The number of nitrogens with one attached hydrogen (secondary N) is 3. The predicted molar refractivity (Wildman–Crippen MR) is 140 cm³/mol. The Kier molecular flexibility index (Phi) is 6.71. The zero-order valence-corrected chi connectivity index (χ0v) is 21.8. The number of imide groups is 1. The molecule has 3 aliphatic rings. The van der Waals surface area contributed by atoms with E-state index in [1.165, 1.54) is 12.1 Å². The van der Waals surface area contributed by atoms with Crippen molar-refractivity contribution >= 4 is 24.1 Å². The minimum absolute atomic E-state index is 0.0527. The molecule has 4 amide bonds. The molecule has 1 aromatic heterocycles. The van der Waals surface area contributed by atoms with Crippen LogP contribution in [0.2, 0.25) is 0 Å². The highest BCUT2D eigenvalue weighted by molar-refractivity contribution is 6.07. The summed E-state index contributed by atoms with van der Waals surface area (Å²) in [5.74, 6) is -0.520. The Morgan fingerprint density at radius 1 is 1.18 bits per heavy atom. The molecule has 8 nitrogen and oxygen atoms in total. The molecular formula is C29H33FN4O4. The second-order valence-corrected chi connectivity index (χ2v) is 11.5. The first kappa shape index (κ1) is 25.9. The van der Waals surface area contributed by atoms with Crippen molar-refractivity contribution in [3.63, 3.8) is 0 Å². The molecule has 200 valence electrons. The molecule has 1 aliphatic heterocycles. The van der Waals surface area contributed by atoms with Gasteiger partial charge in [0.25, 0.3) is 5.91 Å². The number of halogens is 1. The summed E-state index contributed by atoms with van der Waals surface area (Å²) in [6.07, 6.45) is 7.90. The third kappa shape index (κ3) is 5.28. The number of nitrogens with zero attached hydrogens (tertiary/aromatic N) is 1. The van der Waals surface area contributed by atoms with Crippen LogP contribution in [0.5, 0.6) is 0 Å². The zero-order chi connectivity index (χ0) is 27.1. The fourth-order valence-corrected chi connectivity index (χ4v) is 6.25. The van der Waals surface area contributed by atoms with Gasteiger partial charge < -0.3 is 15.4 Å². The topological polar surface area (TPSA) is 109 Å². The fourth-order valence-electron chi connectivity index (χ4n) is 6.25. The average Bonchev–Trinajstić information content (AvgIpc) is 3.30. The first-order valence-corrected chi connectivity index (χ1v) is 13.1. The maximum atomic E-state index is 13.6. The van der Waals surface area contributed by atoms with Gasteiger partial charge in [0, 0.05) is 23.7 Å². The van der Waals surface area contributed by atoms with Crippen molar-refractivity contribution in [3.05, 3.63) is 60.2 Å². The predicted octanol–water partition coefficient (Wildman–Crippen LogP) is 4.81. The number of hydrogen-bond donors (Lipinski definition) is 3. The van der Waals surface area contributed by atoms with Crippen LogP contribution in [0.15, 0.2) is 48.7 Å². The van der Waals surface area contributed by atoms with E-state index in [1.54, 1.807) is 12.3 Å². The lowest BCUT2D eigenvalue weighted by atomic mass is 9.74. The summed E-state index contributed by atoms with van der Waals surface area (Å²) < 4.78 is 19.0. The summed E-state index contributed by atoms with van der Waals surface area (Å²) in [7, 11) is 0. The van der Waals surface area contributed by atoms with Crippen LogP contribution in [0, 0.1) is 23.6 Å². The van der Waals surface area contributed by atoms with Gasteiger partial charge in [0.05, 0.1) is 5.69 Å². The van der Waals surface area contributed by atoms with E-state index >= 15 is 0 Å². The van der Waals surface area contributed by atoms with Crippen LogP contribution >= 0.6 is 0 Å². The number of alkyl carbamates (subject to hydrolysis) is 1. The van der Waals surface area contributed by atoms with Gasteiger partial charge in [-0.05, 0) is 88.1 Å². The van der Waals surface area contributed by atoms with Gasteiger partial charge in [-0.3, -0.25) is 15.1 Å². The lowest BCUT2D eigenvalue weighted by Crippen LogP contribution is -2.50. The number of rotatable bonds is 4. The van der Waals surface area contributed by atoms with E-state index < -0.39 is 23.3 Å². The van der Waals surface area contributed by atoms with Crippen LogP contribution in [0.25, 0.3) is 17.2 Å². The van der Waals surface area contributed by atoms with Gasteiger partial charge >= 0.3 is 12.1 Å². The van der Waals surface area contributed by atoms with E-state index in [0.29, 0.717) is 18.5 Å². The van der Waals surface area contributed by atoms with E-state index in [9.17, 15) is 18.8 Å². The molecule has 2 heterocycles. The van der Waals surface area contributed by atoms with Crippen molar-refractivity contribution in [2.75, 3.05) is 0 Å². The van der Waals surface area contributed by atoms with Crippen LogP contribution in [0.1, 0.15) is 52.1 Å². The molecule has 1 saturated heterocycles. The number of carbonyl (C=O) groups excluding carboxylic acids is 3. The Hall–Kier alpha value is -3.75. The molecule has 2 aliphatic carbocycles. The zero-order valence-electron chi connectivity index (χ0n) is 21.8. The van der Waals surface area contributed by atoms with E-state index in [0.717, 1.165) is 24.0 Å². The van der Waals surface area contributed by atoms with Crippen LogP contribution in [-0.2, 0) is 9.53 Å². The second-order valence-electron chi connectivity index (χ2n) is 11.5. The van der Waals surface area contributed by atoms with E-state index in [2.05, 4.69) is 20.9 Å². The molecule has 3 N–H and O–H groups in total. The van der Waals surface area contributed by atoms with Crippen LogP contribution in [0.3, 0.4) is 0 Å². The van der Waals surface area contributed by atoms with Gasteiger partial charge in [-0.1, -0.05) is 24.3 Å². The third-order valence-electron chi connectivity index (χ3n) is 7.76. The van der Waals surface area contributed by atoms with Gasteiger partial charge in [0.1, 0.15) is 17.0 Å². The molecule has 2 unspecified atom stereocenters. The summed E-state index contributed by atoms with van der Waals surface area (Å²) in [5.41, 5.74) is 0.647. The molecule has 2 aromatic rings. The number of benzene rings is 1. The third-order valence-corrected chi connectivity index (χ3v) is 7.76. The maximum Gasteiger partial charge on any atom is 0.407 e. The van der Waals surface area contributed by atoms with Gasteiger partial charge in [-0.15, -0.1) is 0 Å². The molecule has 9 heteroatoms. The Morgan fingerprint density at radius 3 is 2.66 bits per heavy atom. The Balaban J connectivity index is 1.33. The highest BCUT2D eigenvalue weighted by Crippen LogP contribution is 2.52. The maximum absolute atomic E-state index is 13.6. The Bertz CT molecular complexity index is 1270. The minimum atomic E-state index is -1.02. The molecule has 3 fully saturated rings. The quantitative estimate of drug-likeness (QED) is 0.502. The van der Waals surface area contributed by atoms with Gasteiger partial charge in [-0.25, -0.2) is 14.0 Å². The highest BCUT2D eigenvalue weighted by Gasteiger charge is 2.61. The molecule has 1 aromatic carbocycles. The largest absolute Gasteiger partial charge is 0.444 e. The van der Waals surface area contributed by atoms with Crippen molar-refractivity contribution in [1.29, 1.82) is 0 Å². The summed E-state index contributed by atoms with van der Waals surface area (Å²) in [4.78, 5) is 42.1. The number of carbonyl (C=O) groups is 3. The molecule has 1 spiro atoms. The summed E-state index contributed by atoms with van der Waals surface area (Å²) in [5, 5.41) is 8.33. The van der Waals surface area contributed by atoms with Crippen molar-refractivity contribution in [3.8, 4) is 11.1 Å². The van der Waals surface area contributed by atoms with Crippen LogP contribution in [0.4, 0.5) is 14.0 Å². The summed E-state index contributed by atoms with van der Waals surface area (Å²) in [6, 6.07) is 9.55. The monoisotopic (exact) mass is 520 g/mol. The van der Waals surface area contributed by atoms with Gasteiger partial charge in [-0.2, -0.15) is 0 Å². The first-order valence-electron chi connectivity index (χ1n) is 13.1. The van der Waals surface area contributed by atoms with Crippen molar-refractivity contribution in [2.45, 2.75) is 63.6 Å². The lowest BCUT2D eigenvalue weighted by Gasteiger charge is -2.34. The molecule has 0 bridgehead atoms. The lowest BCUT2D eigenvalue weighted by molar-refractivity contribution is -0.124. The Morgan fingerprint density at radius 2 is 2.00 bits per heavy atom. The van der Waals surface area contributed by atoms with E-state index in [4.69, 9.17) is 4.74 Å². The number of ether oxygens (including phenoxy) is 1. The molecule has 38 heavy (non-hydrogen) atoms. The number of pyridine rings is 1. The number of hydrogen-bond acceptors (Lipinski definition) is 5. The van der Waals surface area contributed by atoms with Gasteiger partial charge in [0.15, 0.2) is 0 Å².